The lowest BCUT2D eigenvalue weighted by Crippen LogP contribution is -2.38. The Kier molecular flexibility index (Phi) is 6.45. The van der Waals surface area contributed by atoms with E-state index in [2.05, 4.69) is 15.1 Å². The number of piperidine rings is 1. The molecule has 0 aliphatic carbocycles. The first kappa shape index (κ1) is 24.5. The second-order valence-corrected chi connectivity index (χ2v) is 8.68. The summed E-state index contributed by atoms with van der Waals surface area (Å²) in [5.41, 5.74) is 0.0729. The third-order valence-corrected chi connectivity index (χ3v) is 6.50. The number of aromatic nitrogens is 4. The molecule has 3 aromatic heterocycles. The van der Waals surface area contributed by atoms with Gasteiger partial charge < -0.3 is 14.4 Å². The van der Waals surface area contributed by atoms with Crippen LogP contribution in [0, 0.1) is 0 Å². The Morgan fingerprint density at radius 3 is 2.57 bits per heavy atom. The van der Waals surface area contributed by atoms with E-state index in [0.29, 0.717) is 28.1 Å². The summed E-state index contributed by atoms with van der Waals surface area (Å²) in [4.78, 5) is 24.1. The molecule has 37 heavy (non-hydrogen) atoms. The molecule has 0 spiro atoms. The predicted octanol–water partition coefficient (Wildman–Crippen LogP) is 5.19. The number of fused-ring (bicyclic) bond motifs is 1. The molecule has 192 valence electrons. The number of halogens is 3. The molecule has 5 rings (SSSR count). The Bertz CT molecular complexity index is 1440. The second-order valence-electron chi connectivity index (χ2n) is 8.68. The first-order valence-electron chi connectivity index (χ1n) is 11.7. The van der Waals surface area contributed by atoms with Crippen LogP contribution in [0.25, 0.3) is 16.9 Å². The summed E-state index contributed by atoms with van der Waals surface area (Å²) in [7, 11) is 2.90. The fraction of sp³-hybridized carbons (Fsp3) is 0.308. The summed E-state index contributed by atoms with van der Waals surface area (Å²) in [6.45, 7) is 0.469. The minimum absolute atomic E-state index is 0.00335. The maximum absolute atomic E-state index is 14.1. The van der Waals surface area contributed by atoms with Crippen molar-refractivity contribution < 1.29 is 27.4 Å². The van der Waals surface area contributed by atoms with Crippen LogP contribution in [0.3, 0.4) is 0 Å². The van der Waals surface area contributed by atoms with Gasteiger partial charge in [0.05, 0.1) is 32.2 Å². The maximum Gasteiger partial charge on any atom is 0.433 e. The average molecular weight is 512 g/mol. The van der Waals surface area contributed by atoms with Gasteiger partial charge in [-0.2, -0.15) is 18.3 Å². The zero-order valence-electron chi connectivity index (χ0n) is 20.2. The molecule has 1 aliphatic heterocycles. The Morgan fingerprint density at radius 2 is 1.86 bits per heavy atom. The summed E-state index contributed by atoms with van der Waals surface area (Å²) < 4.78 is 53.5. The van der Waals surface area contributed by atoms with Gasteiger partial charge >= 0.3 is 6.18 Å². The molecule has 1 amide bonds. The number of pyridine rings is 1. The van der Waals surface area contributed by atoms with E-state index in [1.165, 1.54) is 14.2 Å². The Balaban J connectivity index is 1.63. The number of likely N-dealkylation sites (tertiary alicyclic amines) is 1. The van der Waals surface area contributed by atoms with E-state index in [4.69, 9.17) is 9.47 Å². The van der Waals surface area contributed by atoms with Crippen LogP contribution >= 0.6 is 0 Å². The summed E-state index contributed by atoms with van der Waals surface area (Å²) in [6, 6.07) is 9.08. The van der Waals surface area contributed by atoms with Crippen molar-refractivity contribution >= 4 is 11.6 Å². The lowest BCUT2D eigenvalue weighted by molar-refractivity contribution is -0.142. The average Bonchev–Trinajstić information content (AvgIpc) is 3.35. The van der Waals surface area contributed by atoms with Gasteiger partial charge in [-0.15, -0.1) is 0 Å². The van der Waals surface area contributed by atoms with Gasteiger partial charge in [0.15, 0.2) is 22.8 Å². The molecular formula is C26H24F3N5O3. The summed E-state index contributed by atoms with van der Waals surface area (Å²) in [5, 5.41) is 3.92. The number of methoxy groups -OCH3 is 2. The lowest BCUT2D eigenvalue weighted by atomic mass is 9.95. The molecule has 0 radical (unpaired) electrons. The van der Waals surface area contributed by atoms with Crippen molar-refractivity contribution in [2.45, 2.75) is 31.5 Å². The van der Waals surface area contributed by atoms with Crippen LogP contribution in [0.2, 0.25) is 0 Å². The molecule has 4 aromatic rings. The van der Waals surface area contributed by atoms with E-state index < -0.39 is 17.8 Å². The number of ether oxygens (including phenoxy) is 2. The monoisotopic (exact) mass is 511 g/mol. The van der Waals surface area contributed by atoms with Crippen molar-refractivity contribution in [2.24, 2.45) is 0 Å². The first-order chi connectivity index (χ1) is 17.8. The molecule has 0 saturated carbocycles. The van der Waals surface area contributed by atoms with Gasteiger partial charge in [-0.25, -0.2) is 9.50 Å². The molecular weight excluding hydrogens is 487 g/mol. The number of benzene rings is 1. The smallest absolute Gasteiger partial charge is 0.433 e. The normalized spacial score (nSPS) is 16.1. The number of hydrogen-bond acceptors (Lipinski definition) is 6. The number of rotatable bonds is 5. The Labute approximate surface area is 210 Å². The summed E-state index contributed by atoms with van der Waals surface area (Å²) in [6.07, 6.45) is 2.24. The molecule has 0 bridgehead atoms. The van der Waals surface area contributed by atoms with Crippen LogP contribution in [-0.2, 0) is 6.18 Å². The van der Waals surface area contributed by atoms with Crippen LogP contribution in [0.1, 0.15) is 46.9 Å². The molecule has 8 nitrogen and oxygen atoms in total. The molecule has 1 saturated heterocycles. The fourth-order valence-electron chi connectivity index (χ4n) is 4.71. The van der Waals surface area contributed by atoms with Crippen molar-refractivity contribution in [3.8, 4) is 22.8 Å². The lowest BCUT2D eigenvalue weighted by Gasteiger charge is -2.35. The molecule has 11 heteroatoms. The third-order valence-electron chi connectivity index (χ3n) is 6.50. The van der Waals surface area contributed by atoms with Crippen LogP contribution < -0.4 is 9.47 Å². The number of amides is 1. The van der Waals surface area contributed by atoms with Crippen LogP contribution in [0.4, 0.5) is 13.2 Å². The number of nitrogens with zero attached hydrogens (tertiary/aromatic N) is 5. The maximum atomic E-state index is 14.1. The fourth-order valence-corrected chi connectivity index (χ4v) is 4.71. The largest absolute Gasteiger partial charge is 0.493 e. The van der Waals surface area contributed by atoms with Crippen molar-refractivity contribution in [1.29, 1.82) is 0 Å². The quantitative estimate of drug-likeness (QED) is 0.367. The van der Waals surface area contributed by atoms with E-state index in [1.807, 2.05) is 6.07 Å². The zero-order chi connectivity index (χ0) is 26.2. The zero-order valence-corrected chi connectivity index (χ0v) is 20.2. The molecule has 1 aliphatic rings. The van der Waals surface area contributed by atoms with Gasteiger partial charge in [-0.1, -0.05) is 6.07 Å². The van der Waals surface area contributed by atoms with Gasteiger partial charge in [0.2, 0.25) is 0 Å². The molecule has 4 heterocycles. The number of carbonyl (C=O) groups excluding carboxylic acids is 1. The molecule has 1 aromatic carbocycles. The van der Waals surface area contributed by atoms with Crippen LogP contribution in [0.15, 0.2) is 55.0 Å². The van der Waals surface area contributed by atoms with E-state index in [0.717, 1.165) is 37.1 Å². The second kappa shape index (κ2) is 9.72. The van der Waals surface area contributed by atoms with E-state index in [-0.39, 0.29) is 22.9 Å². The van der Waals surface area contributed by atoms with Crippen LogP contribution in [0.5, 0.6) is 11.5 Å². The van der Waals surface area contributed by atoms with E-state index >= 15 is 0 Å². The Hall–Kier alpha value is -4.15. The van der Waals surface area contributed by atoms with E-state index in [1.54, 1.807) is 41.6 Å². The van der Waals surface area contributed by atoms with Gasteiger partial charge in [0.25, 0.3) is 5.91 Å². The highest BCUT2D eigenvalue weighted by Gasteiger charge is 2.37. The minimum atomic E-state index is -4.73. The van der Waals surface area contributed by atoms with Crippen molar-refractivity contribution in [3.05, 3.63) is 71.8 Å². The number of alkyl halides is 3. The Morgan fingerprint density at radius 1 is 1.05 bits per heavy atom. The topological polar surface area (TPSA) is 81.9 Å². The predicted molar refractivity (Wildman–Crippen MR) is 128 cm³/mol. The standard InChI is InChI=1S/C26H24F3N5O3/c1-36-21-9-8-16(12-22(21)37-2)19-13-23(26(27,28)29)34-24(32-19)18(15-31-34)25(35)33-11-4-3-7-20(33)17-6-5-10-30-14-17/h5-6,8-10,12-15,20H,3-4,7,11H2,1-2H3/t20-/m0/s1. The van der Waals surface area contributed by atoms with Gasteiger partial charge in [0.1, 0.15) is 5.56 Å². The highest BCUT2D eigenvalue weighted by atomic mass is 19.4. The van der Waals surface area contributed by atoms with Crippen molar-refractivity contribution in [1.82, 2.24) is 24.5 Å². The molecule has 1 atom stereocenters. The molecule has 0 unspecified atom stereocenters. The first-order valence-corrected chi connectivity index (χ1v) is 11.7. The van der Waals surface area contributed by atoms with Crippen molar-refractivity contribution in [2.75, 3.05) is 20.8 Å². The molecule has 1 fully saturated rings. The SMILES string of the molecule is COc1ccc(-c2cc(C(F)(F)F)n3ncc(C(=O)N4CCCC[C@H]4c4cccnc4)c3n2)cc1OC. The number of hydrogen-bond donors (Lipinski definition) is 0. The van der Waals surface area contributed by atoms with Crippen molar-refractivity contribution in [3.63, 3.8) is 0 Å². The summed E-state index contributed by atoms with van der Waals surface area (Å²) in [5.74, 6) is 0.344. The van der Waals surface area contributed by atoms with Crippen LogP contribution in [-0.4, -0.2) is 51.2 Å². The summed E-state index contributed by atoms with van der Waals surface area (Å²) >= 11 is 0. The number of carbonyl (C=O) groups is 1. The molecule has 0 N–H and O–H groups in total. The minimum Gasteiger partial charge on any atom is -0.493 e. The third kappa shape index (κ3) is 4.56. The van der Waals surface area contributed by atoms with Gasteiger partial charge in [0, 0.05) is 24.5 Å². The van der Waals surface area contributed by atoms with E-state index in [9.17, 15) is 18.0 Å². The highest BCUT2D eigenvalue weighted by molar-refractivity contribution is 6.00. The van der Waals surface area contributed by atoms with Gasteiger partial charge in [-0.3, -0.25) is 9.78 Å². The van der Waals surface area contributed by atoms with Gasteiger partial charge in [-0.05, 0) is 55.2 Å². The highest BCUT2D eigenvalue weighted by Crippen LogP contribution is 2.37.